The Labute approximate surface area is 99.2 Å². The highest BCUT2D eigenvalue weighted by Gasteiger charge is 2.20. The quantitative estimate of drug-likeness (QED) is 0.728. The molecule has 17 heavy (non-hydrogen) atoms. The van der Waals surface area contributed by atoms with Gasteiger partial charge in [0.05, 0.1) is 32.5 Å². The van der Waals surface area contributed by atoms with Crippen molar-refractivity contribution in [2.24, 2.45) is 0 Å². The first kappa shape index (κ1) is 11.9. The molecule has 1 aliphatic rings. The molecule has 0 bridgehead atoms. The van der Waals surface area contributed by atoms with Crippen molar-refractivity contribution in [1.82, 2.24) is 9.97 Å². The van der Waals surface area contributed by atoms with Crippen LogP contribution in [0.5, 0.6) is 5.88 Å². The minimum absolute atomic E-state index is 0.139. The standard InChI is InChI=1S/C10H16N4O3/c1-16-9-7(6-15)8(12-10(11)13-9)14-2-4-17-5-3-14/h15H,2-6H2,1H3,(H2,11,12,13). The summed E-state index contributed by atoms with van der Waals surface area (Å²) < 4.78 is 10.4. The molecule has 1 saturated heterocycles. The zero-order chi connectivity index (χ0) is 12.3. The number of rotatable bonds is 3. The highest BCUT2D eigenvalue weighted by Crippen LogP contribution is 2.27. The maximum Gasteiger partial charge on any atom is 0.225 e. The van der Waals surface area contributed by atoms with Crippen molar-refractivity contribution in [2.75, 3.05) is 44.0 Å². The maximum atomic E-state index is 9.39. The van der Waals surface area contributed by atoms with Gasteiger partial charge in [-0.1, -0.05) is 0 Å². The Bertz CT molecular complexity index is 393. The molecule has 0 atom stereocenters. The summed E-state index contributed by atoms with van der Waals surface area (Å²) in [5, 5.41) is 9.39. The summed E-state index contributed by atoms with van der Waals surface area (Å²) in [7, 11) is 1.49. The van der Waals surface area contributed by atoms with Gasteiger partial charge in [0.25, 0.3) is 0 Å². The fourth-order valence-electron chi connectivity index (χ4n) is 1.81. The number of aliphatic hydroxyl groups is 1. The number of morpholine rings is 1. The highest BCUT2D eigenvalue weighted by molar-refractivity contribution is 5.54. The number of aromatic nitrogens is 2. The Morgan fingerprint density at radius 1 is 1.41 bits per heavy atom. The second-order valence-corrected chi connectivity index (χ2v) is 3.65. The topological polar surface area (TPSA) is 93.7 Å². The van der Waals surface area contributed by atoms with Gasteiger partial charge in [-0.15, -0.1) is 0 Å². The monoisotopic (exact) mass is 240 g/mol. The van der Waals surface area contributed by atoms with Gasteiger partial charge in [-0.25, -0.2) is 0 Å². The van der Waals surface area contributed by atoms with Crippen LogP contribution in [0.1, 0.15) is 5.56 Å². The lowest BCUT2D eigenvalue weighted by Crippen LogP contribution is -2.37. The van der Waals surface area contributed by atoms with Gasteiger partial charge in [-0.2, -0.15) is 9.97 Å². The molecular weight excluding hydrogens is 224 g/mol. The number of ether oxygens (including phenoxy) is 2. The van der Waals surface area contributed by atoms with Crippen LogP contribution in [0, 0.1) is 0 Å². The fraction of sp³-hybridized carbons (Fsp3) is 0.600. The summed E-state index contributed by atoms with van der Waals surface area (Å²) >= 11 is 0. The Hall–Kier alpha value is -1.60. The Morgan fingerprint density at radius 3 is 2.71 bits per heavy atom. The van der Waals surface area contributed by atoms with Gasteiger partial charge in [0.15, 0.2) is 0 Å². The number of aliphatic hydroxyl groups excluding tert-OH is 1. The van der Waals surface area contributed by atoms with Crippen LogP contribution < -0.4 is 15.4 Å². The number of nitrogens with two attached hydrogens (primary N) is 1. The summed E-state index contributed by atoms with van der Waals surface area (Å²) in [4.78, 5) is 10.1. The van der Waals surface area contributed by atoms with E-state index in [1.54, 1.807) is 0 Å². The molecule has 0 aromatic carbocycles. The zero-order valence-electron chi connectivity index (χ0n) is 9.72. The molecule has 2 rings (SSSR count). The lowest BCUT2D eigenvalue weighted by Gasteiger charge is -2.29. The molecule has 2 heterocycles. The van der Waals surface area contributed by atoms with Crippen molar-refractivity contribution in [1.29, 1.82) is 0 Å². The molecule has 0 aliphatic carbocycles. The fourth-order valence-corrected chi connectivity index (χ4v) is 1.81. The van der Waals surface area contributed by atoms with Crippen LogP contribution in [0.15, 0.2) is 0 Å². The molecule has 0 unspecified atom stereocenters. The summed E-state index contributed by atoms with van der Waals surface area (Å²) in [6.07, 6.45) is 0. The average Bonchev–Trinajstić information content (AvgIpc) is 2.38. The van der Waals surface area contributed by atoms with Gasteiger partial charge < -0.3 is 25.2 Å². The van der Waals surface area contributed by atoms with Crippen molar-refractivity contribution >= 4 is 11.8 Å². The normalized spacial score (nSPS) is 16.0. The number of anilines is 2. The van der Waals surface area contributed by atoms with Crippen LogP contribution in [-0.4, -0.2) is 48.5 Å². The second-order valence-electron chi connectivity index (χ2n) is 3.65. The molecule has 0 radical (unpaired) electrons. The maximum absolute atomic E-state index is 9.39. The van der Waals surface area contributed by atoms with Gasteiger partial charge in [0.1, 0.15) is 5.82 Å². The van der Waals surface area contributed by atoms with E-state index in [9.17, 15) is 5.11 Å². The van der Waals surface area contributed by atoms with E-state index in [-0.39, 0.29) is 12.6 Å². The van der Waals surface area contributed by atoms with E-state index in [0.29, 0.717) is 43.6 Å². The predicted molar refractivity (Wildman–Crippen MR) is 62.0 cm³/mol. The van der Waals surface area contributed by atoms with Gasteiger partial charge >= 0.3 is 0 Å². The zero-order valence-corrected chi connectivity index (χ0v) is 9.72. The first-order valence-electron chi connectivity index (χ1n) is 5.40. The molecule has 1 fully saturated rings. The third-order valence-electron chi connectivity index (χ3n) is 2.63. The predicted octanol–water partition coefficient (Wildman–Crippen LogP) is -0.604. The van der Waals surface area contributed by atoms with E-state index >= 15 is 0 Å². The van der Waals surface area contributed by atoms with Crippen molar-refractivity contribution in [3.8, 4) is 5.88 Å². The third kappa shape index (κ3) is 2.40. The summed E-state index contributed by atoms with van der Waals surface area (Å²) in [5.41, 5.74) is 6.18. The number of hydrogen-bond acceptors (Lipinski definition) is 7. The summed E-state index contributed by atoms with van der Waals surface area (Å²) in [6.45, 7) is 2.52. The van der Waals surface area contributed by atoms with Crippen LogP contribution in [-0.2, 0) is 11.3 Å². The van der Waals surface area contributed by atoms with E-state index < -0.39 is 0 Å². The second kappa shape index (κ2) is 5.15. The number of nitrogens with zero attached hydrogens (tertiary/aromatic N) is 3. The highest BCUT2D eigenvalue weighted by atomic mass is 16.5. The first-order valence-corrected chi connectivity index (χ1v) is 5.40. The number of hydrogen-bond donors (Lipinski definition) is 2. The van der Waals surface area contributed by atoms with Crippen molar-refractivity contribution in [3.05, 3.63) is 5.56 Å². The number of methoxy groups -OCH3 is 1. The average molecular weight is 240 g/mol. The van der Waals surface area contributed by atoms with E-state index in [1.165, 1.54) is 7.11 Å². The van der Waals surface area contributed by atoms with Crippen molar-refractivity contribution in [3.63, 3.8) is 0 Å². The van der Waals surface area contributed by atoms with Crippen molar-refractivity contribution < 1.29 is 14.6 Å². The molecule has 7 nitrogen and oxygen atoms in total. The van der Waals surface area contributed by atoms with Gasteiger partial charge in [-0.3, -0.25) is 0 Å². The first-order chi connectivity index (χ1) is 8.26. The largest absolute Gasteiger partial charge is 0.481 e. The smallest absolute Gasteiger partial charge is 0.225 e. The van der Waals surface area contributed by atoms with Crippen LogP contribution >= 0.6 is 0 Å². The molecule has 0 spiro atoms. The molecule has 7 heteroatoms. The SMILES string of the molecule is COc1nc(N)nc(N2CCOCC2)c1CO. The van der Waals surface area contributed by atoms with Crippen LogP contribution in [0.4, 0.5) is 11.8 Å². The number of nitrogen functional groups attached to an aromatic ring is 1. The van der Waals surface area contributed by atoms with E-state index in [0.717, 1.165) is 0 Å². The molecule has 0 saturated carbocycles. The molecule has 0 amide bonds. The van der Waals surface area contributed by atoms with Crippen LogP contribution in [0.25, 0.3) is 0 Å². The summed E-state index contributed by atoms with van der Waals surface area (Å²) in [5.74, 6) is 1.09. The molecule has 3 N–H and O–H groups in total. The molecular formula is C10H16N4O3. The van der Waals surface area contributed by atoms with E-state index in [4.69, 9.17) is 15.2 Å². The minimum Gasteiger partial charge on any atom is -0.481 e. The molecule has 1 aliphatic heterocycles. The Morgan fingerprint density at radius 2 is 2.12 bits per heavy atom. The van der Waals surface area contributed by atoms with Gasteiger partial charge in [-0.05, 0) is 0 Å². The Balaban J connectivity index is 2.39. The molecule has 1 aromatic rings. The molecule has 1 aromatic heterocycles. The lowest BCUT2D eigenvalue weighted by molar-refractivity contribution is 0.122. The van der Waals surface area contributed by atoms with Crippen LogP contribution in [0.3, 0.4) is 0 Å². The van der Waals surface area contributed by atoms with Gasteiger partial charge in [0, 0.05) is 13.1 Å². The van der Waals surface area contributed by atoms with Crippen molar-refractivity contribution in [2.45, 2.75) is 6.61 Å². The Kier molecular flexibility index (Phi) is 3.60. The summed E-state index contributed by atoms with van der Waals surface area (Å²) in [6, 6.07) is 0. The van der Waals surface area contributed by atoms with Gasteiger partial charge in [0.2, 0.25) is 11.8 Å². The van der Waals surface area contributed by atoms with E-state index in [2.05, 4.69) is 9.97 Å². The molecule has 94 valence electrons. The third-order valence-corrected chi connectivity index (χ3v) is 2.63. The van der Waals surface area contributed by atoms with Crippen LogP contribution in [0.2, 0.25) is 0 Å². The van der Waals surface area contributed by atoms with E-state index in [1.807, 2.05) is 4.90 Å². The lowest BCUT2D eigenvalue weighted by atomic mass is 10.2. The minimum atomic E-state index is -0.184.